The van der Waals surface area contributed by atoms with E-state index < -0.39 is 11.8 Å². The van der Waals surface area contributed by atoms with E-state index >= 15 is 0 Å². The van der Waals surface area contributed by atoms with E-state index in [0.717, 1.165) is 36.0 Å². The SMILES string of the molecule is CC#CCn1c(N2CCC[C@@H](N)C2)nc2c1C(=O)N(Cc1nc(C)c3ccccc3n1)C(=O)C2C. The maximum atomic E-state index is 13.8. The summed E-state index contributed by atoms with van der Waals surface area (Å²) in [7, 11) is 0. The highest BCUT2D eigenvalue weighted by atomic mass is 16.2. The topological polar surface area (TPSA) is 110 Å². The molecule has 1 fully saturated rings. The molecule has 1 saturated heterocycles. The highest BCUT2D eigenvalue weighted by molar-refractivity contribution is 6.10. The Morgan fingerprint density at radius 1 is 1.17 bits per heavy atom. The van der Waals surface area contributed by atoms with Crippen LogP contribution in [0.15, 0.2) is 24.3 Å². The molecule has 2 aliphatic heterocycles. The maximum Gasteiger partial charge on any atom is 0.279 e. The van der Waals surface area contributed by atoms with Crippen LogP contribution in [-0.2, 0) is 17.9 Å². The minimum absolute atomic E-state index is 0.00167. The smallest absolute Gasteiger partial charge is 0.279 e. The van der Waals surface area contributed by atoms with Gasteiger partial charge in [-0.3, -0.25) is 19.1 Å². The molecule has 2 aliphatic rings. The summed E-state index contributed by atoms with van der Waals surface area (Å²) in [5, 5.41) is 0.948. The number of para-hydroxylation sites is 1. The fraction of sp³-hybridized carbons (Fsp3) is 0.423. The average Bonchev–Trinajstić information content (AvgIpc) is 3.24. The Morgan fingerprint density at radius 2 is 1.97 bits per heavy atom. The average molecular weight is 472 g/mol. The van der Waals surface area contributed by atoms with Crippen molar-refractivity contribution in [1.82, 2.24) is 24.4 Å². The van der Waals surface area contributed by atoms with Crippen molar-refractivity contribution in [2.45, 2.75) is 58.7 Å². The van der Waals surface area contributed by atoms with Gasteiger partial charge in [0.25, 0.3) is 5.91 Å². The normalized spacial score (nSPS) is 20.1. The Morgan fingerprint density at radius 3 is 2.74 bits per heavy atom. The lowest BCUT2D eigenvalue weighted by Crippen LogP contribution is -2.45. The van der Waals surface area contributed by atoms with Crippen LogP contribution in [0.25, 0.3) is 10.9 Å². The van der Waals surface area contributed by atoms with Gasteiger partial charge >= 0.3 is 0 Å². The number of piperidine rings is 1. The fourth-order valence-corrected chi connectivity index (χ4v) is 4.96. The Kier molecular flexibility index (Phi) is 5.99. The van der Waals surface area contributed by atoms with Gasteiger partial charge in [-0.25, -0.2) is 15.0 Å². The molecule has 2 aromatic heterocycles. The highest BCUT2D eigenvalue weighted by Crippen LogP contribution is 2.34. The lowest BCUT2D eigenvalue weighted by atomic mass is 9.99. The number of aryl methyl sites for hydroxylation is 1. The first kappa shape index (κ1) is 23.0. The van der Waals surface area contributed by atoms with Gasteiger partial charge in [0.15, 0.2) is 0 Å². The second kappa shape index (κ2) is 9.12. The first-order valence-corrected chi connectivity index (χ1v) is 12.0. The van der Waals surface area contributed by atoms with Crippen LogP contribution >= 0.6 is 0 Å². The first-order valence-electron chi connectivity index (χ1n) is 12.0. The number of carbonyl (C=O) groups excluding carboxylic acids is 2. The quantitative estimate of drug-likeness (QED) is 0.459. The Balaban J connectivity index is 1.55. The van der Waals surface area contributed by atoms with Gasteiger partial charge in [-0.2, -0.15) is 0 Å². The summed E-state index contributed by atoms with van der Waals surface area (Å²) in [5.41, 5.74) is 8.72. The molecule has 1 aromatic carbocycles. The largest absolute Gasteiger partial charge is 0.341 e. The number of fused-ring (bicyclic) bond motifs is 2. The molecule has 5 rings (SSSR count). The number of carbonyl (C=O) groups is 2. The van der Waals surface area contributed by atoms with Gasteiger partial charge in [-0.05, 0) is 39.7 Å². The van der Waals surface area contributed by atoms with E-state index in [1.807, 2.05) is 35.8 Å². The van der Waals surface area contributed by atoms with E-state index in [1.165, 1.54) is 4.90 Å². The van der Waals surface area contributed by atoms with Crippen LogP contribution in [0, 0.1) is 18.8 Å². The molecule has 9 nitrogen and oxygen atoms in total. The van der Waals surface area contributed by atoms with Crippen molar-refractivity contribution in [2.75, 3.05) is 18.0 Å². The number of hydrogen-bond acceptors (Lipinski definition) is 7. The zero-order valence-corrected chi connectivity index (χ0v) is 20.3. The molecule has 35 heavy (non-hydrogen) atoms. The van der Waals surface area contributed by atoms with Crippen LogP contribution in [0.4, 0.5) is 5.95 Å². The van der Waals surface area contributed by atoms with Gasteiger partial charge < -0.3 is 10.6 Å². The molecule has 0 aliphatic carbocycles. The number of imide groups is 1. The van der Waals surface area contributed by atoms with Crippen LogP contribution in [0.2, 0.25) is 0 Å². The lowest BCUT2D eigenvalue weighted by Gasteiger charge is -2.32. The van der Waals surface area contributed by atoms with Crippen LogP contribution in [0.3, 0.4) is 0 Å². The minimum Gasteiger partial charge on any atom is -0.341 e. The van der Waals surface area contributed by atoms with E-state index in [1.54, 1.807) is 13.8 Å². The Bertz CT molecular complexity index is 1380. The zero-order valence-electron chi connectivity index (χ0n) is 20.3. The Hall–Kier alpha value is -3.77. The fourth-order valence-electron chi connectivity index (χ4n) is 4.96. The summed E-state index contributed by atoms with van der Waals surface area (Å²) in [4.78, 5) is 44.5. The van der Waals surface area contributed by atoms with Crippen molar-refractivity contribution in [3.05, 3.63) is 47.2 Å². The van der Waals surface area contributed by atoms with Crippen molar-refractivity contribution >= 4 is 28.7 Å². The minimum atomic E-state index is -0.572. The van der Waals surface area contributed by atoms with Crippen LogP contribution in [0.1, 0.15) is 60.3 Å². The molecule has 0 radical (unpaired) electrons. The van der Waals surface area contributed by atoms with Crippen molar-refractivity contribution in [2.24, 2.45) is 5.73 Å². The molecular weight excluding hydrogens is 442 g/mol. The highest BCUT2D eigenvalue weighted by Gasteiger charge is 2.42. The number of anilines is 1. The number of nitrogens with two attached hydrogens (primary N) is 1. The number of hydrogen-bond donors (Lipinski definition) is 1. The third-order valence-corrected chi connectivity index (χ3v) is 6.76. The lowest BCUT2D eigenvalue weighted by molar-refractivity contribution is -0.131. The third kappa shape index (κ3) is 4.04. The molecule has 180 valence electrons. The summed E-state index contributed by atoms with van der Waals surface area (Å²) >= 11 is 0. The van der Waals surface area contributed by atoms with Crippen LogP contribution in [0.5, 0.6) is 0 Å². The van der Waals surface area contributed by atoms with Gasteiger partial charge in [-0.15, -0.1) is 5.92 Å². The molecule has 2 amide bonds. The predicted molar refractivity (Wildman–Crippen MR) is 133 cm³/mol. The molecule has 1 unspecified atom stereocenters. The third-order valence-electron chi connectivity index (χ3n) is 6.76. The molecule has 3 aromatic rings. The molecule has 4 heterocycles. The molecular formula is C26H29N7O2. The van der Waals surface area contributed by atoms with Gasteiger partial charge in [0.2, 0.25) is 11.9 Å². The van der Waals surface area contributed by atoms with Gasteiger partial charge in [0, 0.05) is 30.2 Å². The van der Waals surface area contributed by atoms with E-state index in [4.69, 9.17) is 10.7 Å². The summed E-state index contributed by atoms with van der Waals surface area (Å²) in [6.07, 6.45) is 1.91. The van der Waals surface area contributed by atoms with Gasteiger partial charge in [0.05, 0.1) is 30.2 Å². The molecule has 0 bridgehead atoms. The van der Waals surface area contributed by atoms with E-state index in [0.29, 0.717) is 36.3 Å². The second-order valence-corrected chi connectivity index (χ2v) is 9.20. The van der Waals surface area contributed by atoms with E-state index in [-0.39, 0.29) is 18.5 Å². The molecule has 2 atom stereocenters. The van der Waals surface area contributed by atoms with E-state index in [2.05, 4.69) is 26.7 Å². The predicted octanol–water partition coefficient (Wildman–Crippen LogP) is 2.37. The summed E-state index contributed by atoms with van der Waals surface area (Å²) in [6.45, 7) is 7.23. The Labute approximate surface area is 204 Å². The number of aromatic nitrogens is 4. The monoisotopic (exact) mass is 471 g/mol. The molecule has 2 N–H and O–H groups in total. The van der Waals surface area contributed by atoms with Gasteiger partial charge in [0.1, 0.15) is 11.5 Å². The van der Waals surface area contributed by atoms with Crippen LogP contribution in [-0.4, -0.2) is 55.4 Å². The van der Waals surface area contributed by atoms with Crippen molar-refractivity contribution in [3.63, 3.8) is 0 Å². The van der Waals surface area contributed by atoms with Crippen molar-refractivity contribution in [1.29, 1.82) is 0 Å². The molecule has 9 heteroatoms. The first-order chi connectivity index (χ1) is 16.9. The molecule has 0 spiro atoms. The number of amides is 2. The summed E-state index contributed by atoms with van der Waals surface area (Å²) < 4.78 is 1.84. The van der Waals surface area contributed by atoms with Crippen molar-refractivity contribution in [3.8, 4) is 11.8 Å². The maximum absolute atomic E-state index is 13.8. The summed E-state index contributed by atoms with van der Waals surface area (Å²) in [5.74, 6) is 5.79. The summed E-state index contributed by atoms with van der Waals surface area (Å²) in [6, 6.07) is 7.75. The number of benzene rings is 1. The van der Waals surface area contributed by atoms with E-state index in [9.17, 15) is 9.59 Å². The number of imidazole rings is 1. The van der Waals surface area contributed by atoms with Crippen LogP contribution < -0.4 is 10.6 Å². The zero-order chi connectivity index (χ0) is 24.7. The molecule has 0 saturated carbocycles. The standard InChI is InChI=1S/C26H29N7O2/c1-4-5-13-32-23-22(30-26(32)31-12-8-9-18(27)14-31)16(2)24(34)33(25(23)35)15-21-28-17(3)19-10-6-7-11-20(19)29-21/h6-7,10-11,16,18H,8-9,12-15,27H2,1-3H3/t16?,18-/m1/s1. The van der Waals surface area contributed by atoms with Crippen molar-refractivity contribution < 1.29 is 9.59 Å². The second-order valence-electron chi connectivity index (χ2n) is 9.20. The number of rotatable bonds is 4. The van der Waals surface area contributed by atoms with Gasteiger partial charge in [-0.1, -0.05) is 24.1 Å². The number of nitrogens with zero attached hydrogens (tertiary/aromatic N) is 6.